The first-order chi connectivity index (χ1) is 9.61. The van der Waals surface area contributed by atoms with Gasteiger partial charge in [-0.3, -0.25) is 9.80 Å². The number of aryl methyl sites for hydroxylation is 1. The number of fused-ring (bicyclic) bond motifs is 3. The number of hydrogen-bond acceptors (Lipinski definition) is 4. The summed E-state index contributed by atoms with van der Waals surface area (Å²) in [6, 6.07) is 4.28. The van der Waals surface area contributed by atoms with E-state index < -0.39 is 6.10 Å². The fraction of sp³-hybridized carbons (Fsp3) is 0.625. The van der Waals surface area contributed by atoms with Gasteiger partial charge >= 0.3 is 0 Å². The lowest BCUT2D eigenvalue weighted by Gasteiger charge is -2.49. The van der Waals surface area contributed by atoms with Crippen molar-refractivity contribution in [3.05, 3.63) is 28.8 Å². The third kappa shape index (κ3) is 2.22. The number of hydrogen-bond donors (Lipinski definition) is 1. The molecule has 0 amide bonds. The fourth-order valence-electron chi connectivity index (χ4n) is 3.48. The third-order valence-corrected chi connectivity index (χ3v) is 4.92. The van der Waals surface area contributed by atoms with Crippen molar-refractivity contribution < 1.29 is 9.84 Å². The Morgan fingerprint density at radius 3 is 2.45 bits per heavy atom. The lowest BCUT2D eigenvalue weighted by molar-refractivity contribution is -0.0476. The lowest BCUT2D eigenvalue weighted by atomic mass is 9.93. The van der Waals surface area contributed by atoms with Crippen LogP contribution >= 0.6 is 0 Å². The Morgan fingerprint density at radius 2 is 1.90 bits per heavy atom. The lowest BCUT2D eigenvalue weighted by Crippen LogP contribution is -2.62. The van der Waals surface area contributed by atoms with Gasteiger partial charge in [-0.1, -0.05) is 12.1 Å². The van der Waals surface area contributed by atoms with Crippen LogP contribution in [0.2, 0.25) is 0 Å². The minimum atomic E-state index is -0.479. The largest absolute Gasteiger partial charge is 0.496 e. The average Bonchev–Trinajstić information content (AvgIpc) is 2.50. The van der Waals surface area contributed by atoms with Crippen LogP contribution < -0.4 is 4.74 Å². The van der Waals surface area contributed by atoms with Gasteiger partial charge in [-0.05, 0) is 25.0 Å². The quantitative estimate of drug-likeness (QED) is 0.904. The minimum absolute atomic E-state index is 0.188. The van der Waals surface area contributed by atoms with Gasteiger partial charge in [-0.15, -0.1) is 0 Å². The van der Waals surface area contributed by atoms with Gasteiger partial charge in [0.25, 0.3) is 0 Å². The van der Waals surface area contributed by atoms with Crippen molar-refractivity contribution in [2.24, 2.45) is 0 Å². The second-order valence-electron chi connectivity index (χ2n) is 5.98. The number of nitrogens with zero attached hydrogens (tertiary/aromatic N) is 2. The van der Waals surface area contributed by atoms with E-state index >= 15 is 0 Å². The highest BCUT2D eigenvalue weighted by Crippen LogP contribution is 2.35. The molecule has 1 N–H and O–H groups in total. The van der Waals surface area contributed by atoms with E-state index in [0.717, 1.165) is 49.6 Å². The molecule has 0 aliphatic carbocycles. The van der Waals surface area contributed by atoms with E-state index in [1.807, 2.05) is 6.07 Å². The van der Waals surface area contributed by atoms with Crippen molar-refractivity contribution in [2.75, 3.05) is 39.8 Å². The van der Waals surface area contributed by atoms with Crippen molar-refractivity contribution in [1.82, 2.24) is 9.80 Å². The van der Waals surface area contributed by atoms with Crippen molar-refractivity contribution in [3.8, 4) is 5.75 Å². The molecule has 3 heterocycles. The molecule has 4 heteroatoms. The molecule has 0 radical (unpaired) electrons. The molecule has 0 spiro atoms. The Morgan fingerprint density at radius 1 is 1.20 bits per heavy atom. The molecule has 3 saturated heterocycles. The highest BCUT2D eigenvalue weighted by molar-refractivity contribution is 5.46. The smallest absolute Gasteiger partial charge is 0.127 e. The highest BCUT2D eigenvalue weighted by Gasteiger charge is 2.37. The molecule has 2 atom stereocenters. The SMILES string of the molecule is COc1c(C(O)C2CN3CCN2CC3)ccc(C)c1C. The van der Waals surface area contributed by atoms with Crippen LogP contribution in [0.25, 0.3) is 0 Å². The summed E-state index contributed by atoms with van der Waals surface area (Å²) in [5, 5.41) is 10.8. The molecular formula is C16H24N2O2. The van der Waals surface area contributed by atoms with E-state index in [4.69, 9.17) is 4.74 Å². The number of rotatable bonds is 3. The molecule has 20 heavy (non-hydrogen) atoms. The van der Waals surface area contributed by atoms with Crippen molar-refractivity contribution >= 4 is 0 Å². The van der Waals surface area contributed by atoms with Crippen molar-refractivity contribution in [1.29, 1.82) is 0 Å². The zero-order valence-electron chi connectivity index (χ0n) is 12.6. The summed E-state index contributed by atoms with van der Waals surface area (Å²) in [6.07, 6.45) is -0.479. The number of ether oxygens (including phenoxy) is 1. The van der Waals surface area contributed by atoms with E-state index in [2.05, 4.69) is 29.7 Å². The summed E-state index contributed by atoms with van der Waals surface area (Å²) in [4.78, 5) is 4.86. The number of aliphatic hydroxyl groups is 1. The predicted octanol–water partition coefficient (Wildman–Crippen LogP) is 1.35. The van der Waals surface area contributed by atoms with Gasteiger partial charge in [0, 0.05) is 38.3 Å². The van der Waals surface area contributed by atoms with Crippen LogP contribution in [0, 0.1) is 13.8 Å². The first-order valence-corrected chi connectivity index (χ1v) is 7.40. The zero-order valence-corrected chi connectivity index (χ0v) is 12.6. The third-order valence-electron chi connectivity index (χ3n) is 4.92. The van der Waals surface area contributed by atoms with Crippen LogP contribution in [0.3, 0.4) is 0 Å². The molecule has 3 aliphatic heterocycles. The standard InChI is InChI=1S/C16H24N2O2/c1-11-4-5-13(16(20-3)12(11)2)15(19)14-10-17-6-8-18(14)9-7-17/h4-5,14-15,19H,6-10H2,1-3H3. The van der Waals surface area contributed by atoms with E-state index in [-0.39, 0.29) is 6.04 Å². The molecule has 4 rings (SSSR count). The molecule has 1 aromatic carbocycles. The van der Waals surface area contributed by atoms with Gasteiger partial charge < -0.3 is 9.84 Å². The van der Waals surface area contributed by atoms with E-state index in [1.54, 1.807) is 7.11 Å². The second kappa shape index (κ2) is 5.35. The molecule has 1 aromatic rings. The fourth-order valence-corrected chi connectivity index (χ4v) is 3.48. The molecule has 0 saturated carbocycles. The van der Waals surface area contributed by atoms with Crippen LogP contribution in [-0.4, -0.2) is 60.8 Å². The maximum absolute atomic E-state index is 10.8. The van der Waals surface area contributed by atoms with Gasteiger partial charge in [0.05, 0.1) is 19.3 Å². The Kier molecular flexibility index (Phi) is 3.71. The highest BCUT2D eigenvalue weighted by atomic mass is 16.5. The van der Waals surface area contributed by atoms with Crippen LogP contribution in [0.15, 0.2) is 12.1 Å². The van der Waals surface area contributed by atoms with Gasteiger partial charge in [-0.25, -0.2) is 0 Å². The van der Waals surface area contributed by atoms with Crippen LogP contribution in [-0.2, 0) is 0 Å². The Labute approximate surface area is 120 Å². The Bertz CT molecular complexity index is 495. The number of aliphatic hydroxyl groups excluding tert-OH is 1. The Balaban J connectivity index is 1.91. The summed E-state index contributed by atoms with van der Waals surface area (Å²) in [6.45, 7) is 9.48. The van der Waals surface area contributed by atoms with E-state index in [9.17, 15) is 5.11 Å². The maximum Gasteiger partial charge on any atom is 0.127 e. The monoisotopic (exact) mass is 276 g/mol. The molecule has 4 nitrogen and oxygen atoms in total. The summed E-state index contributed by atoms with van der Waals surface area (Å²) in [7, 11) is 1.69. The second-order valence-corrected chi connectivity index (χ2v) is 5.98. The van der Waals surface area contributed by atoms with Gasteiger partial charge in [0.2, 0.25) is 0 Å². The van der Waals surface area contributed by atoms with Crippen LogP contribution in [0.5, 0.6) is 5.75 Å². The molecule has 0 aromatic heterocycles. The van der Waals surface area contributed by atoms with Crippen LogP contribution in [0.4, 0.5) is 0 Å². The number of piperazine rings is 3. The van der Waals surface area contributed by atoms with Gasteiger partial charge in [0.1, 0.15) is 5.75 Å². The van der Waals surface area contributed by atoms with Crippen molar-refractivity contribution in [3.63, 3.8) is 0 Å². The first kappa shape index (κ1) is 13.9. The molecular weight excluding hydrogens is 252 g/mol. The summed E-state index contributed by atoms with van der Waals surface area (Å²) in [5.41, 5.74) is 3.25. The van der Waals surface area contributed by atoms with Gasteiger partial charge in [0.15, 0.2) is 0 Å². The predicted molar refractivity (Wildman–Crippen MR) is 79.2 cm³/mol. The van der Waals surface area contributed by atoms with Crippen molar-refractivity contribution in [2.45, 2.75) is 26.0 Å². The molecule has 3 fully saturated rings. The molecule has 3 aliphatic rings. The zero-order chi connectivity index (χ0) is 14.3. The van der Waals surface area contributed by atoms with Crippen LogP contribution in [0.1, 0.15) is 22.8 Å². The summed E-state index contributed by atoms with van der Waals surface area (Å²) >= 11 is 0. The molecule has 2 unspecified atom stereocenters. The van der Waals surface area contributed by atoms with Gasteiger partial charge in [-0.2, -0.15) is 0 Å². The molecule has 110 valence electrons. The normalized spacial score (nSPS) is 30.3. The summed E-state index contributed by atoms with van der Waals surface area (Å²) < 4.78 is 5.56. The topological polar surface area (TPSA) is 35.9 Å². The number of methoxy groups -OCH3 is 1. The summed E-state index contributed by atoms with van der Waals surface area (Å²) in [5.74, 6) is 0.843. The number of benzene rings is 1. The Hall–Kier alpha value is -1.10. The van der Waals surface area contributed by atoms with E-state index in [0.29, 0.717) is 0 Å². The molecule has 2 bridgehead atoms. The first-order valence-electron chi connectivity index (χ1n) is 7.40. The average molecular weight is 276 g/mol. The minimum Gasteiger partial charge on any atom is -0.496 e. The van der Waals surface area contributed by atoms with E-state index in [1.165, 1.54) is 5.56 Å². The maximum atomic E-state index is 10.8.